The molecule has 8 nitrogen and oxygen atoms in total. The fourth-order valence-corrected chi connectivity index (χ4v) is 4.14. The third-order valence-electron chi connectivity index (χ3n) is 5.22. The van der Waals surface area contributed by atoms with Crippen LogP contribution in [0.25, 0.3) is 0 Å². The second kappa shape index (κ2) is 9.58. The number of urea groups is 1. The summed E-state index contributed by atoms with van der Waals surface area (Å²) in [6.45, 7) is 2.36. The number of rotatable bonds is 5. The number of aliphatic imine (C=N–C) groups is 1. The van der Waals surface area contributed by atoms with Crippen molar-refractivity contribution in [2.24, 2.45) is 4.99 Å². The summed E-state index contributed by atoms with van der Waals surface area (Å²) in [6, 6.07) is 9.32. The largest absolute Gasteiger partial charge is 0.394 e. The minimum absolute atomic E-state index is 0.180. The number of aliphatic hydroxyl groups is 2. The van der Waals surface area contributed by atoms with Gasteiger partial charge in [0.1, 0.15) is 6.04 Å². The molecule has 2 aromatic rings. The highest BCUT2D eigenvalue weighted by Crippen LogP contribution is 2.39. The quantitative estimate of drug-likeness (QED) is 0.482. The van der Waals surface area contributed by atoms with Crippen LogP contribution >= 0.6 is 27.5 Å². The molecule has 0 aromatic heterocycles. The first-order valence-corrected chi connectivity index (χ1v) is 11.0. The summed E-state index contributed by atoms with van der Waals surface area (Å²) in [5.41, 5.74) is 1.60. The van der Waals surface area contributed by atoms with Crippen molar-refractivity contribution < 1.29 is 19.8 Å². The van der Waals surface area contributed by atoms with E-state index in [4.69, 9.17) is 11.6 Å². The number of benzodiazepines with no additional fused rings is 1. The van der Waals surface area contributed by atoms with Crippen molar-refractivity contribution in [3.8, 4) is 0 Å². The lowest BCUT2D eigenvalue weighted by Gasteiger charge is -2.27. The van der Waals surface area contributed by atoms with E-state index in [1.165, 1.54) is 11.8 Å². The Balaban J connectivity index is 2.12. The number of benzene rings is 2. The van der Waals surface area contributed by atoms with Crippen LogP contribution < -0.4 is 15.5 Å². The van der Waals surface area contributed by atoms with E-state index >= 15 is 0 Å². The number of carbonyl (C=O) groups is 2. The van der Waals surface area contributed by atoms with Crippen molar-refractivity contribution in [1.82, 2.24) is 5.32 Å². The van der Waals surface area contributed by atoms with Gasteiger partial charge in [-0.1, -0.05) is 29.8 Å². The highest BCUT2D eigenvalue weighted by Gasteiger charge is 2.31. The Labute approximate surface area is 199 Å². The molecule has 2 aromatic carbocycles. The van der Waals surface area contributed by atoms with E-state index in [0.717, 1.165) is 0 Å². The number of halogens is 2. The van der Waals surface area contributed by atoms with Gasteiger partial charge in [0.25, 0.3) is 5.91 Å². The fourth-order valence-electron chi connectivity index (χ4n) is 3.29. The van der Waals surface area contributed by atoms with E-state index in [9.17, 15) is 19.8 Å². The van der Waals surface area contributed by atoms with Gasteiger partial charge in [0.2, 0.25) is 0 Å². The molecule has 170 valence electrons. The Hall–Kier alpha value is -2.46. The highest BCUT2D eigenvalue weighted by atomic mass is 79.9. The molecule has 1 aliphatic rings. The van der Waals surface area contributed by atoms with Crippen LogP contribution in [0.2, 0.25) is 5.02 Å². The Morgan fingerprint density at radius 1 is 1.25 bits per heavy atom. The number of aliphatic hydroxyl groups excluding tert-OH is 2. The summed E-state index contributed by atoms with van der Waals surface area (Å²) in [4.78, 5) is 31.5. The molecule has 0 aliphatic carbocycles. The number of amides is 3. The normalized spacial score (nSPS) is 16.2. The standard InChI is InChI=1S/C22H24BrClN4O4/c1-12-20(31)28(3)16-9-8-15(26-21(32)27-22(2,10-29)11-30)18(23)17(16)19(25-12)13-6-4-5-7-14(13)24/h4-9,12,29-30H,10-11H2,1-3H3,(H2,26,27,32). The van der Waals surface area contributed by atoms with Crippen molar-refractivity contribution in [3.05, 3.63) is 57.0 Å². The summed E-state index contributed by atoms with van der Waals surface area (Å²) >= 11 is 10.0. The summed E-state index contributed by atoms with van der Waals surface area (Å²) < 4.78 is 0.507. The summed E-state index contributed by atoms with van der Waals surface area (Å²) in [5.74, 6) is -0.180. The van der Waals surface area contributed by atoms with Crippen LogP contribution in [0.1, 0.15) is 25.0 Å². The van der Waals surface area contributed by atoms with E-state index in [1.54, 1.807) is 38.2 Å². The monoisotopic (exact) mass is 522 g/mol. The Morgan fingerprint density at radius 3 is 2.53 bits per heavy atom. The predicted molar refractivity (Wildman–Crippen MR) is 129 cm³/mol. The van der Waals surface area contributed by atoms with E-state index in [0.29, 0.717) is 37.7 Å². The number of carbonyl (C=O) groups excluding carboxylic acids is 2. The second-order valence-corrected chi connectivity index (χ2v) is 9.01. The molecule has 1 aliphatic heterocycles. The zero-order valence-corrected chi connectivity index (χ0v) is 20.2. The molecule has 0 saturated heterocycles. The lowest BCUT2D eigenvalue weighted by atomic mass is 9.99. The molecule has 10 heteroatoms. The van der Waals surface area contributed by atoms with Gasteiger partial charge in [-0.25, -0.2) is 4.79 Å². The van der Waals surface area contributed by atoms with Crippen molar-refractivity contribution in [3.63, 3.8) is 0 Å². The lowest BCUT2D eigenvalue weighted by molar-refractivity contribution is -0.119. The molecule has 0 radical (unpaired) electrons. The molecule has 0 fully saturated rings. The Morgan fingerprint density at radius 2 is 1.91 bits per heavy atom. The molecule has 0 saturated carbocycles. The zero-order chi connectivity index (χ0) is 23.6. The zero-order valence-electron chi connectivity index (χ0n) is 17.8. The maximum Gasteiger partial charge on any atom is 0.319 e. The molecule has 0 bridgehead atoms. The molecular weight excluding hydrogens is 500 g/mol. The first-order chi connectivity index (χ1) is 15.1. The lowest BCUT2D eigenvalue weighted by Crippen LogP contribution is -2.53. The number of fused-ring (bicyclic) bond motifs is 1. The third-order valence-corrected chi connectivity index (χ3v) is 6.37. The number of nitrogens with one attached hydrogen (secondary N) is 2. The summed E-state index contributed by atoms with van der Waals surface area (Å²) in [6.07, 6.45) is 0. The molecule has 4 N–H and O–H groups in total. The second-order valence-electron chi connectivity index (χ2n) is 7.81. The average Bonchev–Trinajstić information content (AvgIpc) is 2.86. The number of hydrogen-bond acceptors (Lipinski definition) is 5. The minimum atomic E-state index is -1.19. The van der Waals surface area contributed by atoms with Gasteiger partial charge in [0.15, 0.2) is 0 Å². The van der Waals surface area contributed by atoms with Crippen LogP contribution in [0.5, 0.6) is 0 Å². The van der Waals surface area contributed by atoms with Gasteiger partial charge in [-0.2, -0.15) is 0 Å². The maximum atomic E-state index is 12.8. The van der Waals surface area contributed by atoms with Crippen molar-refractivity contribution >= 4 is 56.6 Å². The smallest absolute Gasteiger partial charge is 0.319 e. The summed E-state index contributed by atoms with van der Waals surface area (Å²) in [7, 11) is 1.67. The fraction of sp³-hybridized carbons (Fsp3) is 0.318. The highest BCUT2D eigenvalue weighted by molar-refractivity contribution is 9.10. The predicted octanol–water partition coefficient (Wildman–Crippen LogP) is 3.17. The molecule has 3 amide bonds. The topological polar surface area (TPSA) is 114 Å². The van der Waals surface area contributed by atoms with Gasteiger partial charge >= 0.3 is 6.03 Å². The van der Waals surface area contributed by atoms with Crippen LogP contribution in [-0.2, 0) is 4.79 Å². The van der Waals surface area contributed by atoms with Crippen LogP contribution in [0.4, 0.5) is 16.2 Å². The minimum Gasteiger partial charge on any atom is -0.394 e. The van der Waals surface area contributed by atoms with Crippen LogP contribution in [0.3, 0.4) is 0 Å². The molecule has 0 spiro atoms. The van der Waals surface area contributed by atoms with E-state index < -0.39 is 30.8 Å². The maximum absolute atomic E-state index is 12.8. The molecule has 1 atom stereocenters. The van der Waals surface area contributed by atoms with Crippen LogP contribution in [0.15, 0.2) is 45.9 Å². The van der Waals surface area contributed by atoms with E-state index in [-0.39, 0.29) is 5.91 Å². The van der Waals surface area contributed by atoms with Gasteiger partial charge in [-0.3, -0.25) is 9.79 Å². The number of hydrogen-bond donors (Lipinski definition) is 4. The first kappa shape index (κ1) is 24.2. The number of anilines is 2. The molecule has 1 heterocycles. The van der Waals surface area contributed by atoms with Gasteiger partial charge in [-0.05, 0) is 48.0 Å². The van der Waals surface area contributed by atoms with Gasteiger partial charge < -0.3 is 25.7 Å². The van der Waals surface area contributed by atoms with Crippen molar-refractivity contribution in [2.75, 3.05) is 30.5 Å². The van der Waals surface area contributed by atoms with Crippen LogP contribution in [-0.4, -0.2) is 59.7 Å². The Kier molecular flexibility index (Phi) is 7.24. The van der Waals surface area contributed by atoms with Crippen molar-refractivity contribution in [2.45, 2.75) is 25.4 Å². The SMILES string of the molecule is CC1N=C(c2ccccc2Cl)c2c(ccc(NC(=O)NC(C)(CO)CO)c2Br)N(C)C1=O. The molecule has 3 rings (SSSR count). The average molecular weight is 524 g/mol. The Bertz CT molecular complexity index is 1090. The molecular formula is C22H24BrClN4O4. The third kappa shape index (κ3) is 4.66. The van der Waals surface area contributed by atoms with Crippen molar-refractivity contribution in [1.29, 1.82) is 0 Å². The van der Waals surface area contributed by atoms with Gasteiger partial charge in [0.05, 0.1) is 40.3 Å². The molecule has 1 unspecified atom stereocenters. The van der Waals surface area contributed by atoms with Crippen LogP contribution in [0, 0.1) is 0 Å². The number of likely N-dealkylation sites (N-methyl/N-ethyl adjacent to an activating group) is 1. The number of nitrogens with zero attached hydrogens (tertiary/aromatic N) is 2. The van der Waals surface area contributed by atoms with Gasteiger partial charge in [-0.15, -0.1) is 0 Å². The van der Waals surface area contributed by atoms with E-state index in [2.05, 4.69) is 31.6 Å². The molecule has 32 heavy (non-hydrogen) atoms. The van der Waals surface area contributed by atoms with Gasteiger partial charge in [0, 0.05) is 23.2 Å². The first-order valence-electron chi connectivity index (χ1n) is 9.86. The van der Waals surface area contributed by atoms with E-state index in [1.807, 2.05) is 12.1 Å². The summed E-state index contributed by atoms with van der Waals surface area (Å²) in [5, 5.41) is 24.6.